The lowest BCUT2D eigenvalue weighted by Crippen LogP contribution is -2.70. The van der Waals surface area contributed by atoms with Gasteiger partial charge in [-0.15, -0.1) is 0 Å². The van der Waals surface area contributed by atoms with Gasteiger partial charge in [0.15, 0.2) is 6.23 Å². The van der Waals surface area contributed by atoms with Crippen molar-refractivity contribution in [3.63, 3.8) is 0 Å². The van der Waals surface area contributed by atoms with E-state index in [2.05, 4.69) is 24.5 Å². The highest BCUT2D eigenvalue weighted by Crippen LogP contribution is 2.25. The average molecular weight is 755 g/mol. The molecule has 0 unspecified atom stereocenters. The molecule has 1 aliphatic heterocycles. The first-order valence-electron chi connectivity index (χ1n) is 22.4. The molecule has 1 rings (SSSR count). The minimum atomic E-state index is -1.45. The molecule has 1 aliphatic rings. The molecule has 6 atom stereocenters. The Kier molecular flexibility index (Phi) is 30.6. The highest BCUT2D eigenvalue weighted by Gasteiger charge is 2.48. The molecule has 53 heavy (non-hydrogen) atoms. The van der Waals surface area contributed by atoms with E-state index in [1.807, 2.05) is 13.8 Å². The normalized spacial score (nSPS) is 20.8. The Bertz CT molecular complexity index is 880. The van der Waals surface area contributed by atoms with Crippen LogP contribution in [0.2, 0.25) is 0 Å². The lowest BCUT2D eigenvalue weighted by molar-refractivity contribution is -0.224. The third kappa shape index (κ3) is 23.3. The van der Waals surface area contributed by atoms with Crippen LogP contribution in [0.25, 0.3) is 0 Å². The van der Waals surface area contributed by atoms with E-state index in [-0.39, 0.29) is 11.9 Å². The summed E-state index contributed by atoms with van der Waals surface area (Å²) in [5, 5.41) is 37.8. The summed E-state index contributed by atoms with van der Waals surface area (Å²) in [6.45, 7) is 8.80. The van der Waals surface area contributed by atoms with Crippen molar-refractivity contribution in [3.8, 4) is 0 Å². The quantitative estimate of drug-likeness (QED) is 0.0360. The standard InChI is InChI=1S/C43H86N4O6/c1-5-7-9-11-13-15-17-18-19-20-21-22-24-26-28-30-32-47(43(52)45-31-29-27-25-23-16-14-12-10-8-6-2)42-38(40(50)39(49)37(34-48)53-42)46-41(51)36(44)33-35(3)4/h35-40,42,48-50H,5-34,44H2,1-4H3,(H,45,52)(H,46,51)/t36-,37+,38+,39+,40+,42+/m0/s1. The molecule has 3 amide bonds. The minimum absolute atomic E-state index is 0.186. The third-order valence-electron chi connectivity index (χ3n) is 10.9. The van der Waals surface area contributed by atoms with Crippen LogP contribution >= 0.6 is 0 Å². The molecule has 0 radical (unpaired) electrons. The van der Waals surface area contributed by atoms with Gasteiger partial charge in [-0.25, -0.2) is 4.79 Å². The fourth-order valence-corrected chi connectivity index (χ4v) is 7.49. The molecule has 0 aromatic carbocycles. The lowest BCUT2D eigenvalue weighted by Gasteiger charge is -2.47. The van der Waals surface area contributed by atoms with Gasteiger partial charge in [0.25, 0.3) is 0 Å². The number of nitrogens with zero attached hydrogens (tertiary/aromatic N) is 1. The van der Waals surface area contributed by atoms with E-state index in [9.17, 15) is 24.9 Å². The first kappa shape index (κ1) is 49.6. The van der Waals surface area contributed by atoms with Crippen molar-refractivity contribution < 1.29 is 29.6 Å². The van der Waals surface area contributed by atoms with Crippen molar-refractivity contribution >= 4 is 11.9 Å². The smallest absolute Gasteiger partial charge is 0.319 e. The van der Waals surface area contributed by atoms with Gasteiger partial charge in [-0.05, 0) is 25.2 Å². The van der Waals surface area contributed by atoms with Crippen LogP contribution < -0.4 is 16.4 Å². The Morgan fingerprint density at radius 1 is 0.660 bits per heavy atom. The van der Waals surface area contributed by atoms with Crippen LogP contribution in [0.3, 0.4) is 0 Å². The largest absolute Gasteiger partial charge is 0.394 e. The van der Waals surface area contributed by atoms with Crippen molar-refractivity contribution in [3.05, 3.63) is 0 Å². The second kappa shape index (κ2) is 32.8. The Morgan fingerprint density at radius 2 is 1.08 bits per heavy atom. The van der Waals surface area contributed by atoms with E-state index in [0.717, 1.165) is 44.9 Å². The number of nitrogens with one attached hydrogen (secondary N) is 2. The summed E-state index contributed by atoms with van der Waals surface area (Å²) in [4.78, 5) is 28.5. The maximum Gasteiger partial charge on any atom is 0.319 e. The molecular weight excluding hydrogens is 668 g/mol. The van der Waals surface area contributed by atoms with Crippen LogP contribution in [-0.2, 0) is 9.53 Å². The Hall–Kier alpha value is -1.46. The lowest BCUT2D eigenvalue weighted by atomic mass is 9.94. The molecule has 0 bridgehead atoms. The van der Waals surface area contributed by atoms with E-state index in [1.54, 1.807) is 0 Å². The number of unbranched alkanes of at least 4 members (excludes halogenated alkanes) is 24. The molecular formula is C43H86N4O6. The number of aliphatic hydroxyl groups is 3. The molecule has 1 fully saturated rings. The van der Waals surface area contributed by atoms with E-state index in [4.69, 9.17) is 10.5 Å². The van der Waals surface area contributed by atoms with Crippen molar-refractivity contribution in [1.82, 2.24) is 15.5 Å². The number of rotatable bonds is 34. The van der Waals surface area contributed by atoms with Crippen LogP contribution in [0.1, 0.15) is 201 Å². The number of carbonyl (C=O) groups excluding carboxylic acids is 2. The molecule has 10 heteroatoms. The Balaban J connectivity index is 2.70. The van der Waals surface area contributed by atoms with E-state index in [0.29, 0.717) is 19.5 Å². The zero-order valence-electron chi connectivity index (χ0n) is 34.8. The van der Waals surface area contributed by atoms with Gasteiger partial charge in [-0.1, -0.05) is 182 Å². The predicted octanol–water partition coefficient (Wildman–Crippen LogP) is 8.48. The molecule has 314 valence electrons. The highest BCUT2D eigenvalue weighted by atomic mass is 16.5. The van der Waals surface area contributed by atoms with Crippen LogP contribution in [0.4, 0.5) is 4.79 Å². The van der Waals surface area contributed by atoms with Crippen LogP contribution in [0, 0.1) is 5.92 Å². The van der Waals surface area contributed by atoms with Gasteiger partial charge in [0.1, 0.15) is 24.4 Å². The van der Waals surface area contributed by atoms with Crippen molar-refractivity contribution in [2.45, 2.75) is 238 Å². The monoisotopic (exact) mass is 755 g/mol. The summed E-state index contributed by atoms with van der Waals surface area (Å²) in [6, 6.07) is -2.25. The SMILES string of the molecule is CCCCCCCCCCCCCCCCCCN(C(=O)NCCCCCCCCCCCC)[C@@H]1O[C@H](CO)[C@@H](O)[C@H](O)[C@H]1NC(=O)[C@@H](N)CC(C)C. The Morgan fingerprint density at radius 3 is 1.49 bits per heavy atom. The number of nitrogens with two attached hydrogens (primary N) is 1. The molecule has 0 spiro atoms. The number of carbonyl (C=O) groups is 2. The summed E-state index contributed by atoms with van der Waals surface area (Å²) in [7, 11) is 0. The number of hydrogen-bond acceptors (Lipinski definition) is 7. The van der Waals surface area contributed by atoms with E-state index < -0.39 is 49.1 Å². The fraction of sp³-hybridized carbons (Fsp3) is 0.953. The first-order valence-corrected chi connectivity index (χ1v) is 22.4. The van der Waals surface area contributed by atoms with Gasteiger partial charge in [-0.2, -0.15) is 0 Å². The second-order valence-electron chi connectivity index (χ2n) is 16.4. The maximum absolute atomic E-state index is 13.8. The summed E-state index contributed by atoms with van der Waals surface area (Å²) in [5.41, 5.74) is 6.17. The number of amides is 3. The summed E-state index contributed by atoms with van der Waals surface area (Å²) in [5.74, 6) is -0.287. The van der Waals surface area contributed by atoms with Crippen LogP contribution in [0.5, 0.6) is 0 Å². The molecule has 7 N–H and O–H groups in total. The molecule has 0 saturated carbocycles. The fourth-order valence-electron chi connectivity index (χ4n) is 7.49. The molecule has 1 saturated heterocycles. The summed E-state index contributed by atoms with van der Waals surface area (Å²) >= 11 is 0. The van der Waals surface area contributed by atoms with Crippen molar-refractivity contribution in [2.75, 3.05) is 19.7 Å². The van der Waals surface area contributed by atoms with Gasteiger partial charge in [0.2, 0.25) is 5.91 Å². The maximum atomic E-state index is 13.8. The van der Waals surface area contributed by atoms with Crippen molar-refractivity contribution in [1.29, 1.82) is 0 Å². The van der Waals surface area contributed by atoms with Crippen molar-refractivity contribution in [2.24, 2.45) is 11.7 Å². The molecule has 0 aliphatic carbocycles. The van der Waals surface area contributed by atoms with Gasteiger partial charge < -0.3 is 36.4 Å². The first-order chi connectivity index (χ1) is 25.7. The topological polar surface area (TPSA) is 157 Å². The number of hydrogen-bond donors (Lipinski definition) is 6. The molecule has 10 nitrogen and oxygen atoms in total. The number of urea groups is 1. The highest BCUT2D eigenvalue weighted by molar-refractivity contribution is 5.82. The van der Waals surface area contributed by atoms with Gasteiger partial charge in [0, 0.05) is 13.1 Å². The minimum Gasteiger partial charge on any atom is -0.394 e. The van der Waals surface area contributed by atoms with Gasteiger partial charge >= 0.3 is 6.03 Å². The predicted molar refractivity (Wildman–Crippen MR) is 219 cm³/mol. The average Bonchev–Trinajstić information content (AvgIpc) is 3.13. The van der Waals surface area contributed by atoms with Gasteiger partial charge in [-0.3, -0.25) is 9.69 Å². The molecule has 0 aromatic heterocycles. The summed E-state index contributed by atoms with van der Waals surface area (Å²) in [6.07, 6.45) is 27.4. The molecule has 0 aromatic rings. The molecule has 1 heterocycles. The van der Waals surface area contributed by atoms with E-state index >= 15 is 0 Å². The zero-order chi connectivity index (χ0) is 39.1. The van der Waals surface area contributed by atoms with Crippen LogP contribution in [0.15, 0.2) is 0 Å². The zero-order valence-corrected chi connectivity index (χ0v) is 34.8. The third-order valence-corrected chi connectivity index (χ3v) is 10.9. The number of ether oxygens (including phenoxy) is 1. The second-order valence-corrected chi connectivity index (χ2v) is 16.4. The Labute approximate surface area is 325 Å². The van der Waals surface area contributed by atoms with Crippen LogP contribution in [-0.4, -0.2) is 88.5 Å². The van der Waals surface area contributed by atoms with E-state index in [1.165, 1.54) is 127 Å². The summed E-state index contributed by atoms with van der Waals surface area (Å²) < 4.78 is 6.11. The van der Waals surface area contributed by atoms with Gasteiger partial charge in [0.05, 0.1) is 12.6 Å². The number of aliphatic hydroxyl groups excluding tert-OH is 3.